The van der Waals surface area contributed by atoms with Gasteiger partial charge in [0.15, 0.2) is 18.8 Å². The summed E-state index contributed by atoms with van der Waals surface area (Å²) in [4.78, 5) is 0. The topological polar surface area (TPSA) is 18.5 Å². The minimum Gasteiger partial charge on any atom is -0.461 e. The fourth-order valence-corrected chi connectivity index (χ4v) is 4.36. The molecule has 0 spiro atoms. The lowest BCUT2D eigenvalue weighted by atomic mass is 10.2. The van der Waals surface area contributed by atoms with Crippen molar-refractivity contribution in [1.82, 2.24) is 0 Å². The van der Waals surface area contributed by atoms with Crippen LogP contribution in [0.1, 0.15) is 19.3 Å². The summed E-state index contributed by atoms with van der Waals surface area (Å²) in [5, 5.41) is 0. The Bertz CT molecular complexity index is 103. The molecule has 0 aromatic carbocycles. The molecule has 0 aromatic rings. The molecule has 66 valence electrons. The molecule has 2 nitrogen and oxygen atoms in total. The van der Waals surface area contributed by atoms with Crippen molar-refractivity contribution < 1.29 is 8.85 Å². The average molecular weight is 190 g/mol. The van der Waals surface area contributed by atoms with E-state index in [1.807, 2.05) is 0 Å². The van der Waals surface area contributed by atoms with Crippen LogP contribution in [0.2, 0.25) is 13.1 Å². The third kappa shape index (κ3) is 4.05. The highest BCUT2D eigenvalue weighted by molar-refractivity contribution is 6.56. The van der Waals surface area contributed by atoms with Gasteiger partial charge in [-0.1, -0.05) is 0 Å². The van der Waals surface area contributed by atoms with E-state index in [9.17, 15) is 0 Å². The van der Waals surface area contributed by atoms with Gasteiger partial charge in [0.05, 0.1) is 5.73 Å². The molecule has 0 amide bonds. The maximum absolute atomic E-state index is 5.73. The Hall–Kier alpha value is 0.354. The van der Waals surface area contributed by atoms with Gasteiger partial charge >= 0.3 is 0 Å². The predicted octanol–water partition coefficient (Wildman–Crippen LogP) is 0.597. The summed E-state index contributed by atoms with van der Waals surface area (Å²) in [7, 11) is -1.10. The van der Waals surface area contributed by atoms with Crippen LogP contribution < -0.4 is 0 Å². The molecule has 0 saturated carbocycles. The van der Waals surface area contributed by atoms with Crippen LogP contribution in [-0.2, 0) is 8.85 Å². The zero-order valence-electron chi connectivity index (χ0n) is 7.51. The zero-order valence-corrected chi connectivity index (χ0v) is 10.1. The molecule has 1 atom stereocenters. The van der Waals surface area contributed by atoms with E-state index in [0.29, 0.717) is 5.73 Å². The van der Waals surface area contributed by atoms with Crippen LogP contribution in [0.5, 0.6) is 0 Å². The van der Waals surface area contributed by atoms with E-state index in [1.54, 1.807) is 0 Å². The van der Waals surface area contributed by atoms with E-state index >= 15 is 0 Å². The largest absolute Gasteiger partial charge is 0.461 e. The molecule has 4 heteroatoms. The van der Waals surface area contributed by atoms with Crippen molar-refractivity contribution in [1.29, 1.82) is 0 Å². The van der Waals surface area contributed by atoms with Crippen LogP contribution in [0.15, 0.2) is 0 Å². The van der Waals surface area contributed by atoms with Crippen LogP contribution in [0.25, 0.3) is 0 Å². The van der Waals surface area contributed by atoms with E-state index < -0.39 is 9.04 Å². The van der Waals surface area contributed by atoms with E-state index in [1.165, 1.54) is 19.3 Å². The van der Waals surface area contributed by atoms with Crippen molar-refractivity contribution in [3.05, 3.63) is 0 Å². The molecule has 11 heavy (non-hydrogen) atoms. The summed E-state index contributed by atoms with van der Waals surface area (Å²) in [6, 6.07) is 0. The van der Waals surface area contributed by atoms with Gasteiger partial charge in [-0.05, 0) is 32.4 Å². The minimum absolute atomic E-state index is 0.342. The molecular weight excluding hydrogens is 172 g/mol. The fourth-order valence-electron chi connectivity index (χ4n) is 1.24. The number of hydrogen-bond acceptors (Lipinski definition) is 2. The third-order valence-electron chi connectivity index (χ3n) is 1.89. The third-order valence-corrected chi connectivity index (χ3v) is 6.34. The predicted molar refractivity (Wildman–Crippen MR) is 52.1 cm³/mol. The van der Waals surface area contributed by atoms with E-state index in [0.717, 1.165) is 6.61 Å². The van der Waals surface area contributed by atoms with Gasteiger partial charge in [0.25, 0.3) is 0 Å². The van der Waals surface area contributed by atoms with Crippen LogP contribution in [0, 0.1) is 0 Å². The SMILES string of the molecule is C[SiH](C)O[SiH2]C1CCCCO1. The zero-order chi connectivity index (χ0) is 8.10. The number of rotatable bonds is 3. The van der Waals surface area contributed by atoms with E-state index in [4.69, 9.17) is 8.85 Å². The average Bonchev–Trinajstić information content (AvgIpc) is 2.03. The van der Waals surface area contributed by atoms with Gasteiger partial charge in [0, 0.05) is 6.61 Å². The van der Waals surface area contributed by atoms with Crippen LogP contribution in [0.4, 0.5) is 0 Å². The molecule has 0 aliphatic carbocycles. The van der Waals surface area contributed by atoms with Gasteiger partial charge in [0.1, 0.15) is 0 Å². The van der Waals surface area contributed by atoms with E-state index in [-0.39, 0.29) is 9.76 Å². The highest BCUT2D eigenvalue weighted by atomic mass is 28.3. The maximum Gasteiger partial charge on any atom is 0.175 e. The first kappa shape index (κ1) is 9.44. The molecule has 1 rings (SSSR count). The van der Waals surface area contributed by atoms with Gasteiger partial charge in [-0.2, -0.15) is 0 Å². The van der Waals surface area contributed by atoms with Crippen LogP contribution >= 0.6 is 0 Å². The molecule has 0 radical (unpaired) electrons. The second-order valence-electron chi connectivity index (χ2n) is 3.37. The van der Waals surface area contributed by atoms with Gasteiger partial charge in [-0.15, -0.1) is 0 Å². The molecule has 1 unspecified atom stereocenters. The Morgan fingerprint density at radius 3 is 2.82 bits per heavy atom. The minimum atomic E-state index is -0.760. The summed E-state index contributed by atoms with van der Waals surface area (Å²) in [6.45, 7) is 5.44. The van der Waals surface area contributed by atoms with Gasteiger partial charge < -0.3 is 8.85 Å². The molecular formula is C7H18O2Si2. The molecule has 1 aliphatic rings. The maximum atomic E-state index is 5.73. The molecule has 0 aromatic heterocycles. The summed E-state index contributed by atoms with van der Waals surface area (Å²) in [5.74, 6) is 0. The lowest BCUT2D eigenvalue weighted by molar-refractivity contribution is 0.0598. The summed E-state index contributed by atoms with van der Waals surface area (Å²) in [5.41, 5.74) is 0.540. The lowest BCUT2D eigenvalue weighted by Gasteiger charge is -2.22. The Morgan fingerprint density at radius 2 is 2.27 bits per heavy atom. The second kappa shape index (κ2) is 5.08. The van der Waals surface area contributed by atoms with E-state index in [2.05, 4.69) is 13.1 Å². The quantitative estimate of drug-likeness (QED) is 0.607. The first-order valence-electron chi connectivity index (χ1n) is 4.52. The molecule has 0 bridgehead atoms. The summed E-state index contributed by atoms with van der Waals surface area (Å²) in [6.07, 6.45) is 3.86. The Morgan fingerprint density at radius 1 is 1.45 bits per heavy atom. The first-order valence-corrected chi connectivity index (χ1v) is 8.69. The van der Waals surface area contributed by atoms with Crippen molar-refractivity contribution >= 4 is 18.8 Å². The monoisotopic (exact) mass is 190 g/mol. The Kier molecular flexibility index (Phi) is 4.36. The lowest BCUT2D eigenvalue weighted by Crippen LogP contribution is -2.29. The van der Waals surface area contributed by atoms with Crippen LogP contribution in [0.3, 0.4) is 0 Å². The standard InChI is InChI=1S/C7H18O2Si2/c1-11(2)9-10-7-5-3-4-6-8-7/h7,11H,3-6,10H2,1-2H3. The van der Waals surface area contributed by atoms with Crippen LogP contribution in [-0.4, -0.2) is 31.1 Å². The van der Waals surface area contributed by atoms with Crippen molar-refractivity contribution in [2.75, 3.05) is 6.61 Å². The Balaban J connectivity index is 2.05. The van der Waals surface area contributed by atoms with Gasteiger partial charge in [-0.25, -0.2) is 0 Å². The first-order chi connectivity index (χ1) is 5.29. The highest BCUT2D eigenvalue weighted by Crippen LogP contribution is 2.11. The normalized spacial score (nSPS) is 27.0. The van der Waals surface area contributed by atoms with Crippen molar-refractivity contribution in [3.8, 4) is 0 Å². The van der Waals surface area contributed by atoms with Gasteiger partial charge in [-0.3, -0.25) is 0 Å². The molecule has 1 aliphatic heterocycles. The number of hydrogen-bond donors (Lipinski definition) is 0. The molecule has 0 N–H and O–H groups in total. The highest BCUT2D eigenvalue weighted by Gasteiger charge is 2.14. The number of ether oxygens (including phenoxy) is 1. The molecule has 1 fully saturated rings. The summed E-state index contributed by atoms with van der Waals surface area (Å²) >= 11 is 0. The van der Waals surface area contributed by atoms with Gasteiger partial charge in [0.2, 0.25) is 0 Å². The van der Waals surface area contributed by atoms with Crippen molar-refractivity contribution in [2.45, 2.75) is 38.1 Å². The fraction of sp³-hybridized carbons (Fsp3) is 1.00. The Labute approximate surface area is 72.9 Å². The summed E-state index contributed by atoms with van der Waals surface area (Å²) < 4.78 is 11.3. The second-order valence-corrected chi connectivity index (χ2v) is 8.05. The van der Waals surface area contributed by atoms with Crippen molar-refractivity contribution in [2.24, 2.45) is 0 Å². The molecule has 1 saturated heterocycles. The molecule has 1 heterocycles. The van der Waals surface area contributed by atoms with Crippen molar-refractivity contribution in [3.63, 3.8) is 0 Å². The smallest absolute Gasteiger partial charge is 0.175 e.